The highest BCUT2D eigenvalue weighted by atomic mass is 16.5. The number of imidazole rings is 1. The predicted octanol–water partition coefficient (Wildman–Crippen LogP) is 4.27. The van der Waals surface area contributed by atoms with Gasteiger partial charge in [-0.15, -0.1) is 0 Å². The van der Waals surface area contributed by atoms with Gasteiger partial charge in [-0.2, -0.15) is 0 Å². The number of aromatic nitrogens is 2. The molecule has 5 fully saturated rings. The number of rotatable bonds is 5. The number of allylic oxidation sites excluding steroid dienone is 2. The third-order valence-corrected chi connectivity index (χ3v) is 8.13. The first-order valence-corrected chi connectivity index (χ1v) is 10.7. The van der Waals surface area contributed by atoms with Crippen molar-refractivity contribution in [3.8, 4) is 0 Å². The molecule has 5 nitrogen and oxygen atoms in total. The molecule has 0 spiro atoms. The molecule has 1 aromatic rings. The first-order valence-electron chi connectivity index (χ1n) is 10.7. The summed E-state index contributed by atoms with van der Waals surface area (Å²) < 4.78 is 6.51. The zero-order valence-electron chi connectivity index (χ0n) is 15.7. The summed E-state index contributed by atoms with van der Waals surface area (Å²) in [5.74, 6) is 3.89. The van der Waals surface area contributed by atoms with E-state index in [1.807, 2.05) is 0 Å². The van der Waals surface area contributed by atoms with Crippen LogP contribution >= 0.6 is 0 Å². The van der Waals surface area contributed by atoms with Crippen molar-refractivity contribution in [3.05, 3.63) is 29.4 Å². The SMILES string of the molecule is O=C(O)c1nc([C@@H]2CC3C=C[C@H]2C3)[nH]c1COC12CC3CC(CC(C3)C1)C2. The Hall–Kier alpha value is -1.62. The average Bonchev–Trinajstić information content (AvgIpc) is 3.34. The molecule has 3 atom stereocenters. The summed E-state index contributed by atoms with van der Waals surface area (Å²) in [7, 11) is 0. The third-order valence-electron chi connectivity index (χ3n) is 8.13. The number of aromatic carboxylic acids is 1. The number of carboxylic acid groups (broad SMARTS) is 1. The second-order valence-electron chi connectivity index (χ2n) is 10.0. The summed E-state index contributed by atoms with van der Waals surface area (Å²) in [4.78, 5) is 19.7. The maximum absolute atomic E-state index is 11.8. The Balaban J connectivity index is 1.23. The van der Waals surface area contributed by atoms with Crippen molar-refractivity contribution in [3.63, 3.8) is 0 Å². The van der Waals surface area contributed by atoms with Gasteiger partial charge in [0, 0.05) is 5.92 Å². The fourth-order valence-electron chi connectivity index (χ4n) is 7.41. The van der Waals surface area contributed by atoms with E-state index in [1.165, 1.54) is 44.9 Å². The lowest BCUT2D eigenvalue weighted by atomic mass is 9.54. The molecule has 1 aromatic heterocycles. The largest absolute Gasteiger partial charge is 0.476 e. The molecule has 0 amide bonds. The molecule has 0 radical (unpaired) electrons. The lowest BCUT2D eigenvalue weighted by Crippen LogP contribution is -2.51. The van der Waals surface area contributed by atoms with E-state index in [-0.39, 0.29) is 11.3 Å². The van der Waals surface area contributed by atoms with Gasteiger partial charge in [-0.25, -0.2) is 9.78 Å². The Kier molecular flexibility index (Phi) is 3.45. The van der Waals surface area contributed by atoms with Crippen molar-refractivity contribution in [2.24, 2.45) is 29.6 Å². The highest BCUT2D eigenvalue weighted by Crippen LogP contribution is 2.57. The Labute approximate surface area is 159 Å². The molecule has 27 heavy (non-hydrogen) atoms. The Morgan fingerprint density at radius 3 is 2.37 bits per heavy atom. The fraction of sp³-hybridized carbons (Fsp3) is 0.727. The van der Waals surface area contributed by atoms with Gasteiger partial charge < -0.3 is 14.8 Å². The predicted molar refractivity (Wildman–Crippen MR) is 99.3 cm³/mol. The molecule has 6 aliphatic carbocycles. The van der Waals surface area contributed by atoms with E-state index >= 15 is 0 Å². The lowest BCUT2D eigenvalue weighted by Gasteiger charge is -2.56. The van der Waals surface area contributed by atoms with Crippen molar-refractivity contribution >= 4 is 5.97 Å². The second-order valence-corrected chi connectivity index (χ2v) is 10.0. The van der Waals surface area contributed by atoms with Gasteiger partial charge in [-0.05, 0) is 81.0 Å². The summed E-state index contributed by atoms with van der Waals surface area (Å²) >= 11 is 0. The standard InChI is InChI=1S/C22H28N2O3/c25-21(26)19-18(23-20(24-19)17-7-12-1-2-16(17)6-12)11-27-22-8-13-3-14(9-22)5-15(4-13)10-22/h1-2,12-17H,3-11H2,(H,23,24)(H,25,26)/t12?,13?,14?,15?,16-,17+,22?/m0/s1. The van der Waals surface area contributed by atoms with Crippen LogP contribution in [0.25, 0.3) is 0 Å². The van der Waals surface area contributed by atoms with E-state index < -0.39 is 5.97 Å². The van der Waals surface area contributed by atoms with Gasteiger partial charge in [0.15, 0.2) is 5.69 Å². The quantitative estimate of drug-likeness (QED) is 0.761. The average molecular weight is 368 g/mol. The molecule has 144 valence electrons. The van der Waals surface area contributed by atoms with Gasteiger partial charge in [0.1, 0.15) is 5.82 Å². The van der Waals surface area contributed by atoms with Crippen LogP contribution in [0.1, 0.15) is 79.3 Å². The Morgan fingerprint density at radius 1 is 1.11 bits per heavy atom. The minimum Gasteiger partial charge on any atom is -0.476 e. The van der Waals surface area contributed by atoms with E-state index in [4.69, 9.17) is 4.74 Å². The molecule has 1 unspecified atom stereocenters. The van der Waals surface area contributed by atoms with Crippen LogP contribution in [0.5, 0.6) is 0 Å². The number of hydrogen-bond donors (Lipinski definition) is 2. The zero-order chi connectivity index (χ0) is 18.2. The van der Waals surface area contributed by atoms with Crippen molar-refractivity contribution in [1.82, 2.24) is 9.97 Å². The normalized spacial score (nSPS) is 43.7. The van der Waals surface area contributed by atoms with Gasteiger partial charge in [0.05, 0.1) is 17.9 Å². The molecule has 6 aliphatic rings. The molecular weight excluding hydrogens is 340 g/mol. The van der Waals surface area contributed by atoms with Gasteiger partial charge in [0.25, 0.3) is 0 Å². The maximum atomic E-state index is 11.8. The van der Waals surface area contributed by atoms with Gasteiger partial charge in [-0.1, -0.05) is 12.2 Å². The smallest absolute Gasteiger partial charge is 0.356 e. The van der Waals surface area contributed by atoms with Crippen LogP contribution in [0.4, 0.5) is 0 Å². The Bertz CT molecular complexity index is 775. The number of ether oxygens (including phenoxy) is 1. The van der Waals surface area contributed by atoms with E-state index in [9.17, 15) is 9.90 Å². The number of nitrogens with zero attached hydrogens (tertiary/aromatic N) is 1. The van der Waals surface area contributed by atoms with Crippen LogP contribution in [0.3, 0.4) is 0 Å². The van der Waals surface area contributed by atoms with Crippen molar-refractivity contribution in [2.45, 2.75) is 69.5 Å². The summed E-state index contributed by atoms with van der Waals surface area (Å²) in [5.41, 5.74) is 0.826. The molecule has 6 bridgehead atoms. The van der Waals surface area contributed by atoms with Gasteiger partial charge in [-0.3, -0.25) is 0 Å². The van der Waals surface area contributed by atoms with Crippen LogP contribution in [-0.2, 0) is 11.3 Å². The third kappa shape index (κ3) is 2.61. The van der Waals surface area contributed by atoms with Gasteiger partial charge >= 0.3 is 5.97 Å². The summed E-state index contributed by atoms with van der Waals surface area (Å²) in [5, 5.41) is 9.66. The summed E-state index contributed by atoms with van der Waals surface area (Å²) in [6, 6.07) is 0. The van der Waals surface area contributed by atoms with Crippen LogP contribution in [0.2, 0.25) is 0 Å². The number of H-pyrrole nitrogens is 1. The number of carbonyl (C=O) groups is 1. The van der Waals surface area contributed by atoms with Crippen LogP contribution in [-0.4, -0.2) is 26.6 Å². The molecule has 5 heteroatoms. The van der Waals surface area contributed by atoms with Crippen LogP contribution in [0.15, 0.2) is 12.2 Å². The number of aromatic amines is 1. The topological polar surface area (TPSA) is 75.2 Å². The van der Waals surface area contributed by atoms with E-state index in [2.05, 4.69) is 22.1 Å². The number of carboxylic acids is 1. The van der Waals surface area contributed by atoms with Crippen molar-refractivity contribution in [2.75, 3.05) is 0 Å². The van der Waals surface area contributed by atoms with Gasteiger partial charge in [0.2, 0.25) is 0 Å². The molecule has 0 aromatic carbocycles. The first kappa shape index (κ1) is 16.3. The van der Waals surface area contributed by atoms with Crippen LogP contribution < -0.4 is 0 Å². The summed E-state index contributed by atoms with van der Waals surface area (Å²) in [6.07, 6.45) is 14.5. The molecule has 0 aliphatic heterocycles. The van der Waals surface area contributed by atoms with Crippen molar-refractivity contribution < 1.29 is 14.6 Å². The molecule has 1 heterocycles. The molecule has 0 saturated heterocycles. The highest BCUT2D eigenvalue weighted by Gasteiger charge is 2.51. The van der Waals surface area contributed by atoms with E-state index in [0.29, 0.717) is 30.1 Å². The maximum Gasteiger partial charge on any atom is 0.356 e. The molecular formula is C22H28N2O3. The minimum atomic E-state index is -0.944. The van der Waals surface area contributed by atoms with E-state index in [0.717, 1.165) is 30.0 Å². The second kappa shape index (κ2) is 5.69. The summed E-state index contributed by atoms with van der Waals surface area (Å²) in [6.45, 7) is 0.359. The molecule has 7 rings (SSSR count). The fourth-order valence-corrected chi connectivity index (χ4v) is 7.41. The lowest BCUT2D eigenvalue weighted by molar-refractivity contribution is -0.169. The zero-order valence-corrected chi connectivity index (χ0v) is 15.7. The number of fused-ring (bicyclic) bond motifs is 2. The highest BCUT2D eigenvalue weighted by molar-refractivity contribution is 5.86. The molecule has 2 N–H and O–H groups in total. The number of nitrogens with one attached hydrogen (secondary N) is 1. The van der Waals surface area contributed by atoms with Crippen molar-refractivity contribution in [1.29, 1.82) is 0 Å². The molecule has 5 saturated carbocycles. The number of hydrogen-bond acceptors (Lipinski definition) is 3. The Morgan fingerprint density at radius 2 is 1.81 bits per heavy atom. The minimum absolute atomic E-state index is 0.00897. The van der Waals surface area contributed by atoms with Crippen LogP contribution in [0, 0.1) is 29.6 Å². The monoisotopic (exact) mass is 368 g/mol. The van der Waals surface area contributed by atoms with E-state index in [1.54, 1.807) is 0 Å². The first-order chi connectivity index (χ1) is 13.1.